The average molecular weight is 712 g/mol. The predicted octanol–water partition coefficient (Wildman–Crippen LogP) is 10.4. The molecule has 0 N–H and O–H groups in total. The lowest BCUT2D eigenvalue weighted by atomic mass is 10.1. The Morgan fingerprint density at radius 3 is 2.06 bits per heavy atom. The Balaban J connectivity index is 1.19. The highest BCUT2D eigenvalue weighted by atomic mass is 35.5. The second kappa shape index (κ2) is 16.0. The van der Waals surface area contributed by atoms with Crippen LogP contribution in [-0.2, 0) is 18.0 Å². The van der Waals surface area contributed by atoms with E-state index >= 15 is 0 Å². The maximum Gasteiger partial charge on any atom is 0.271 e. The molecule has 1 saturated heterocycles. The standard InChI is InChI=1S/C39H32Cl2N2O5S/c1-3-46-36-22-28(10-20-34(36)47-24-26-7-5-4-6-8-26)25-48-33-19-9-27(21-35(33)45-2)23-37-38(44)43(32-17-13-30(41)14-18-32)39(49-37)42-31-15-11-29(40)12-16-31/h4-23H,3,24-25H2,1-2H3/b37-23+,42-39?. The first-order valence-corrected chi connectivity index (χ1v) is 17.0. The van der Waals surface area contributed by atoms with E-state index in [0.29, 0.717) is 67.7 Å². The van der Waals surface area contributed by atoms with Crippen molar-refractivity contribution in [3.63, 3.8) is 0 Å². The average Bonchev–Trinajstić information content (AvgIpc) is 3.42. The second-order valence-electron chi connectivity index (χ2n) is 10.8. The van der Waals surface area contributed by atoms with E-state index in [1.165, 1.54) is 11.8 Å². The van der Waals surface area contributed by atoms with Crippen LogP contribution in [0.4, 0.5) is 11.4 Å². The summed E-state index contributed by atoms with van der Waals surface area (Å²) in [7, 11) is 1.58. The molecule has 0 atom stereocenters. The lowest BCUT2D eigenvalue weighted by Crippen LogP contribution is -2.28. The lowest BCUT2D eigenvalue weighted by molar-refractivity contribution is -0.113. The number of amidine groups is 1. The molecule has 0 bridgehead atoms. The molecule has 248 valence electrons. The zero-order valence-corrected chi connectivity index (χ0v) is 29.1. The van der Waals surface area contributed by atoms with Crippen molar-refractivity contribution in [2.24, 2.45) is 4.99 Å². The van der Waals surface area contributed by atoms with E-state index in [4.69, 9.17) is 47.1 Å². The summed E-state index contributed by atoms with van der Waals surface area (Å²) in [6.07, 6.45) is 1.81. The first-order valence-electron chi connectivity index (χ1n) is 15.5. The number of thioether (sulfide) groups is 1. The first kappa shape index (κ1) is 34.0. The molecule has 6 rings (SSSR count). The number of ether oxygens (including phenoxy) is 4. The fourth-order valence-electron chi connectivity index (χ4n) is 4.96. The minimum Gasteiger partial charge on any atom is -0.493 e. The molecule has 0 spiro atoms. The van der Waals surface area contributed by atoms with E-state index in [-0.39, 0.29) is 12.5 Å². The molecule has 0 saturated carbocycles. The van der Waals surface area contributed by atoms with Gasteiger partial charge >= 0.3 is 0 Å². The van der Waals surface area contributed by atoms with Crippen LogP contribution in [0.5, 0.6) is 23.0 Å². The summed E-state index contributed by atoms with van der Waals surface area (Å²) in [4.78, 5) is 20.6. The Morgan fingerprint density at radius 2 is 1.37 bits per heavy atom. The summed E-state index contributed by atoms with van der Waals surface area (Å²) in [5.41, 5.74) is 4.08. The minimum absolute atomic E-state index is 0.208. The molecule has 1 aliphatic rings. The van der Waals surface area contributed by atoms with Crippen LogP contribution in [0.2, 0.25) is 10.0 Å². The number of anilines is 1. The van der Waals surface area contributed by atoms with Gasteiger partial charge in [0.05, 0.1) is 30.0 Å². The van der Waals surface area contributed by atoms with Crippen molar-refractivity contribution in [3.05, 3.63) is 147 Å². The molecule has 0 aromatic heterocycles. The van der Waals surface area contributed by atoms with Gasteiger partial charge in [-0.2, -0.15) is 0 Å². The minimum atomic E-state index is -0.208. The van der Waals surface area contributed by atoms with Gasteiger partial charge in [-0.1, -0.05) is 65.7 Å². The molecule has 10 heteroatoms. The number of amides is 1. The Labute approximate surface area is 299 Å². The lowest BCUT2D eigenvalue weighted by Gasteiger charge is -2.16. The summed E-state index contributed by atoms with van der Waals surface area (Å²) in [6, 6.07) is 35.5. The number of halogens is 2. The molecule has 1 fully saturated rings. The van der Waals surface area contributed by atoms with E-state index in [1.807, 2.05) is 79.7 Å². The van der Waals surface area contributed by atoms with Gasteiger partial charge in [-0.3, -0.25) is 9.69 Å². The van der Waals surface area contributed by atoms with Crippen LogP contribution in [0.15, 0.2) is 125 Å². The smallest absolute Gasteiger partial charge is 0.271 e. The van der Waals surface area contributed by atoms with Crippen LogP contribution >= 0.6 is 35.0 Å². The van der Waals surface area contributed by atoms with Gasteiger partial charge < -0.3 is 18.9 Å². The SMILES string of the molecule is CCOc1cc(COc2ccc(/C=C3/SC(=Nc4ccc(Cl)cc4)N(c4ccc(Cl)cc4)C3=O)cc2OC)ccc1OCc1ccccc1. The highest BCUT2D eigenvalue weighted by Crippen LogP contribution is 2.39. The van der Waals surface area contributed by atoms with Crippen molar-refractivity contribution in [1.29, 1.82) is 0 Å². The van der Waals surface area contributed by atoms with Gasteiger partial charge in [-0.05, 0) is 114 Å². The third-order valence-electron chi connectivity index (χ3n) is 7.37. The van der Waals surface area contributed by atoms with E-state index in [9.17, 15) is 4.79 Å². The molecule has 5 aromatic carbocycles. The van der Waals surface area contributed by atoms with Gasteiger partial charge in [0.2, 0.25) is 0 Å². The summed E-state index contributed by atoms with van der Waals surface area (Å²) in [5.74, 6) is 2.20. The Hall–Kier alpha value is -4.89. The zero-order chi connectivity index (χ0) is 34.2. The summed E-state index contributed by atoms with van der Waals surface area (Å²) >= 11 is 13.5. The second-order valence-corrected chi connectivity index (χ2v) is 12.7. The number of aliphatic imine (C=N–C) groups is 1. The van der Waals surface area contributed by atoms with Crippen LogP contribution in [-0.4, -0.2) is 24.8 Å². The molecule has 0 unspecified atom stereocenters. The van der Waals surface area contributed by atoms with Gasteiger partial charge in [-0.25, -0.2) is 4.99 Å². The van der Waals surface area contributed by atoms with Crippen LogP contribution in [0.1, 0.15) is 23.6 Å². The third kappa shape index (κ3) is 8.59. The van der Waals surface area contributed by atoms with Crippen molar-refractivity contribution in [2.75, 3.05) is 18.6 Å². The van der Waals surface area contributed by atoms with E-state index in [2.05, 4.69) is 0 Å². The van der Waals surface area contributed by atoms with Gasteiger partial charge in [0.25, 0.3) is 5.91 Å². The van der Waals surface area contributed by atoms with Gasteiger partial charge in [0.15, 0.2) is 28.2 Å². The number of methoxy groups -OCH3 is 1. The van der Waals surface area contributed by atoms with Crippen LogP contribution in [0, 0.1) is 0 Å². The summed E-state index contributed by atoms with van der Waals surface area (Å²) in [6.45, 7) is 3.16. The molecule has 7 nitrogen and oxygen atoms in total. The van der Waals surface area contributed by atoms with Crippen molar-refractivity contribution in [3.8, 4) is 23.0 Å². The molecule has 49 heavy (non-hydrogen) atoms. The highest BCUT2D eigenvalue weighted by molar-refractivity contribution is 8.19. The monoisotopic (exact) mass is 710 g/mol. The fourth-order valence-corrected chi connectivity index (χ4v) is 6.22. The molecular formula is C39H32Cl2N2O5S. The molecule has 1 amide bonds. The van der Waals surface area contributed by atoms with Crippen molar-refractivity contribution in [1.82, 2.24) is 0 Å². The molecule has 0 aliphatic carbocycles. The number of nitrogens with zero attached hydrogens (tertiary/aromatic N) is 2. The van der Waals surface area contributed by atoms with Crippen molar-refractivity contribution < 1.29 is 23.7 Å². The van der Waals surface area contributed by atoms with Crippen LogP contribution < -0.4 is 23.8 Å². The van der Waals surface area contributed by atoms with E-state index in [0.717, 1.165) is 16.7 Å². The quantitative estimate of drug-likeness (QED) is 0.120. The number of hydrogen-bond donors (Lipinski definition) is 0. The van der Waals surface area contributed by atoms with Gasteiger partial charge in [0, 0.05) is 10.0 Å². The number of carbonyl (C=O) groups excluding carboxylic acids is 1. The zero-order valence-electron chi connectivity index (χ0n) is 26.8. The molecule has 0 radical (unpaired) electrons. The maximum atomic E-state index is 13.8. The van der Waals surface area contributed by atoms with E-state index in [1.54, 1.807) is 60.5 Å². The Kier molecular flexibility index (Phi) is 11.1. The van der Waals surface area contributed by atoms with Crippen LogP contribution in [0.3, 0.4) is 0 Å². The first-order chi connectivity index (χ1) is 23.9. The fraction of sp³-hybridized carbons (Fsp3) is 0.128. The number of rotatable bonds is 12. The van der Waals surface area contributed by atoms with Crippen molar-refractivity contribution in [2.45, 2.75) is 20.1 Å². The van der Waals surface area contributed by atoms with Gasteiger partial charge in [-0.15, -0.1) is 0 Å². The van der Waals surface area contributed by atoms with Crippen molar-refractivity contribution >= 4 is 63.5 Å². The number of carbonyl (C=O) groups is 1. The van der Waals surface area contributed by atoms with Gasteiger partial charge in [0.1, 0.15) is 13.2 Å². The maximum absolute atomic E-state index is 13.8. The highest BCUT2D eigenvalue weighted by Gasteiger charge is 2.35. The molecule has 5 aromatic rings. The molecular weight excluding hydrogens is 679 g/mol. The summed E-state index contributed by atoms with van der Waals surface area (Å²) in [5, 5.41) is 1.69. The predicted molar refractivity (Wildman–Crippen MR) is 199 cm³/mol. The molecule has 1 heterocycles. The van der Waals surface area contributed by atoms with Crippen LogP contribution in [0.25, 0.3) is 6.08 Å². The summed E-state index contributed by atoms with van der Waals surface area (Å²) < 4.78 is 23.8. The Morgan fingerprint density at radius 1 is 0.714 bits per heavy atom. The topological polar surface area (TPSA) is 69.6 Å². The largest absolute Gasteiger partial charge is 0.493 e. The number of benzene rings is 5. The Bertz CT molecular complexity index is 1980. The van der Waals surface area contributed by atoms with E-state index < -0.39 is 0 Å². The number of hydrogen-bond acceptors (Lipinski definition) is 7. The molecule has 1 aliphatic heterocycles. The third-order valence-corrected chi connectivity index (χ3v) is 8.84. The normalized spacial score (nSPS) is 14.4.